The van der Waals surface area contributed by atoms with Crippen LogP contribution in [-0.4, -0.2) is 46.1 Å². The van der Waals surface area contributed by atoms with Gasteiger partial charge in [-0.25, -0.2) is 0 Å². The molecule has 1 aliphatic carbocycles. The van der Waals surface area contributed by atoms with Crippen LogP contribution in [0, 0.1) is 12.3 Å². The van der Waals surface area contributed by atoms with Crippen LogP contribution < -0.4 is 5.32 Å². The number of hydrogen-bond acceptors (Lipinski definition) is 5. The summed E-state index contributed by atoms with van der Waals surface area (Å²) in [7, 11) is 0. The lowest BCUT2D eigenvalue weighted by Gasteiger charge is -2.32. The second-order valence-corrected chi connectivity index (χ2v) is 7.58. The van der Waals surface area contributed by atoms with Crippen molar-refractivity contribution in [3.05, 3.63) is 10.6 Å². The van der Waals surface area contributed by atoms with E-state index in [0.717, 1.165) is 12.1 Å². The molecule has 1 unspecified atom stereocenters. The van der Waals surface area contributed by atoms with E-state index in [4.69, 9.17) is 0 Å². The maximum atomic E-state index is 12.3. The van der Waals surface area contributed by atoms with Crippen LogP contribution in [0.4, 0.5) is 0 Å². The molecule has 0 aromatic carbocycles. The summed E-state index contributed by atoms with van der Waals surface area (Å²) >= 11 is 1.19. The fourth-order valence-corrected chi connectivity index (χ4v) is 4.13. The van der Waals surface area contributed by atoms with Gasteiger partial charge in [0.05, 0.1) is 5.69 Å². The van der Waals surface area contributed by atoms with E-state index in [0.29, 0.717) is 16.3 Å². The van der Waals surface area contributed by atoms with Crippen LogP contribution >= 0.6 is 11.5 Å². The third-order valence-electron chi connectivity index (χ3n) is 5.28. The van der Waals surface area contributed by atoms with Crippen LogP contribution in [0.5, 0.6) is 0 Å². The number of likely N-dealkylation sites (tertiary alicyclic amines) is 1. The quantitative estimate of drug-likeness (QED) is 0.818. The molecule has 1 atom stereocenters. The number of nitrogens with zero attached hydrogens (tertiary/aromatic N) is 3. The summed E-state index contributed by atoms with van der Waals surface area (Å²) in [6.45, 7) is 7.72. The van der Waals surface area contributed by atoms with Crippen molar-refractivity contribution >= 4 is 17.4 Å². The summed E-state index contributed by atoms with van der Waals surface area (Å²) in [5, 5.41) is 7.11. The molecule has 0 radical (unpaired) electrons. The molecule has 2 aliphatic rings. The van der Waals surface area contributed by atoms with E-state index in [1.54, 1.807) is 0 Å². The first-order valence-corrected chi connectivity index (χ1v) is 9.24. The Labute approximate surface area is 136 Å². The van der Waals surface area contributed by atoms with Crippen molar-refractivity contribution in [3.63, 3.8) is 0 Å². The number of hydrogen-bond donors (Lipinski definition) is 1. The number of carbonyl (C=O) groups excluding carboxylic acids is 1. The van der Waals surface area contributed by atoms with E-state index < -0.39 is 0 Å². The molecule has 1 saturated carbocycles. The number of aromatic nitrogens is 2. The Kier molecular flexibility index (Phi) is 4.78. The molecule has 1 amide bonds. The number of nitrogens with one attached hydrogen (secondary N) is 1. The lowest BCUT2D eigenvalue weighted by atomic mass is 9.92. The van der Waals surface area contributed by atoms with Crippen molar-refractivity contribution in [2.75, 3.05) is 19.6 Å². The van der Waals surface area contributed by atoms with Crippen molar-refractivity contribution in [3.8, 4) is 0 Å². The molecule has 2 fully saturated rings. The highest BCUT2D eigenvalue weighted by Gasteiger charge is 2.55. The zero-order chi connectivity index (χ0) is 15.6. The van der Waals surface area contributed by atoms with Gasteiger partial charge in [0.15, 0.2) is 0 Å². The van der Waals surface area contributed by atoms with E-state index in [1.165, 1.54) is 63.3 Å². The molecule has 122 valence electrons. The normalized spacial score (nSPS) is 23.6. The molecule has 3 rings (SSSR count). The van der Waals surface area contributed by atoms with E-state index >= 15 is 0 Å². The molecular weight excluding hydrogens is 296 g/mol. The van der Waals surface area contributed by atoms with E-state index in [9.17, 15) is 4.79 Å². The zero-order valence-electron chi connectivity index (χ0n) is 13.6. The molecule has 1 aliphatic heterocycles. The standard InChI is InChI=1S/C16H26N4OS/c1-3-4-5-8-20-9-6-16(7-10-20)11-13(16)17-15(21)14-12(2)18-19-22-14/h13H,3-11H2,1-2H3,(H,17,21). The van der Waals surface area contributed by atoms with Crippen LogP contribution in [0.2, 0.25) is 0 Å². The molecular formula is C16H26N4OS. The third kappa shape index (κ3) is 3.33. The van der Waals surface area contributed by atoms with Gasteiger partial charge in [-0.05, 0) is 69.2 Å². The topological polar surface area (TPSA) is 58.1 Å². The first kappa shape index (κ1) is 15.9. The molecule has 1 aromatic heterocycles. The van der Waals surface area contributed by atoms with E-state index in [1.807, 2.05) is 6.92 Å². The van der Waals surface area contributed by atoms with Crippen molar-refractivity contribution in [1.82, 2.24) is 19.8 Å². The average molecular weight is 322 g/mol. The first-order chi connectivity index (χ1) is 10.6. The Hall–Kier alpha value is -1.01. The minimum Gasteiger partial charge on any atom is -0.348 e. The summed E-state index contributed by atoms with van der Waals surface area (Å²) < 4.78 is 3.84. The molecule has 22 heavy (non-hydrogen) atoms. The van der Waals surface area contributed by atoms with Gasteiger partial charge in [-0.1, -0.05) is 24.3 Å². The van der Waals surface area contributed by atoms with Crippen LogP contribution in [0.3, 0.4) is 0 Å². The predicted molar refractivity (Wildman–Crippen MR) is 88.1 cm³/mol. The summed E-state index contributed by atoms with van der Waals surface area (Å²) in [6.07, 6.45) is 7.54. The smallest absolute Gasteiger partial charge is 0.265 e. The third-order valence-corrected chi connectivity index (χ3v) is 6.11. The SMILES string of the molecule is CCCCCN1CCC2(CC1)CC2NC(=O)c1snnc1C. The van der Waals surface area contributed by atoms with Gasteiger partial charge in [0, 0.05) is 6.04 Å². The monoisotopic (exact) mass is 322 g/mol. The minimum absolute atomic E-state index is 0.0137. The Morgan fingerprint density at radius 2 is 2.18 bits per heavy atom. The van der Waals surface area contributed by atoms with Crippen LogP contribution in [0.15, 0.2) is 0 Å². The molecule has 5 nitrogen and oxygen atoms in total. The van der Waals surface area contributed by atoms with Gasteiger partial charge >= 0.3 is 0 Å². The fourth-order valence-electron chi connectivity index (χ4n) is 3.58. The van der Waals surface area contributed by atoms with Gasteiger partial charge in [0.25, 0.3) is 5.91 Å². The Balaban J connectivity index is 1.44. The highest BCUT2D eigenvalue weighted by molar-refractivity contribution is 7.08. The number of piperidine rings is 1. The van der Waals surface area contributed by atoms with Gasteiger partial charge in [0.1, 0.15) is 4.88 Å². The second kappa shape index (κ2) is 6.62. The van der Waals surface area contributed by atoms with Crippen molar-refractivity contribution < 1.29 is 4.79 Å². The lowest BCUT2D eigenvalue weighted by Crippen LogP contribution is -2.39. The average Bonchev–Trinajstić information content (AvgIpc) is 2.96. The highest BCUT2D eigenvalue weighted by atomic mass is 32.1. The fraction of sp³-hybridized carbons (Fsp3) is 0.812. The van der Waals surface area contributed by atoms with Crippen LogP contribution in [0.25, 0.3) is 0 Å². The Morgan fingerprint density at radius 1 is 1.41 bits per heavy atom. The highest BCUT2D eigenvalue weighted by Crippen LogP contribution is 2.54. The van der Waals surface area contributed by atoms with Gasteiger partial charge in [-0.15, -0.1) is 5.10 Å². The van der Waals surface area contributed by atoms with Gasteiger partial charge in [0.2, 0.25) is 0 Å². The lowest BCUT2D eigenvalue weighted by molar-refractivity contribution is 0.0938. The van der Waals surface area contributed by atoms with Crippen LogP contribution in [0.1, 0.15) is 60.8 Å². The Bertz CT molecular complexity index is 522. The number of aryl methyl sites for hydroxylation is 1. The molecule has 1 N–H and O–H groups in total. The molecule has 1 aromatic rings. The van der Waals surface area contributed by atoms with Gasteiger partial charge < -0.3 is 10.2 Å². The Morgan fingerprint density at radius 3 is 2.82 bits per heavy atom. The number of unbranched alkanes of at least 4 members (excludes halogenated alkanes) is 2. The largest absolute Gasteiger partial charge is 0.348 e. The molecule has 1 spiro atoms. The van der Waals surface area contributed by atoms with Crippen LogP contribution in [-0.2, 0) is 0 Å². The first-order valence-electron chi connectivity index (χ1n) is 8.47. The number of rotatable bonds is 6. The molecule has 1 saturated heterocycles. The predicted octanol–water partition coefficient (Wildman–Crippen LogP) is 2.62. The van der Waals surface area contributed by atoms with Gasteiger partial charge in [-0.2, -0.15) is 0 Å². The molecule has 6 heteroatoms. The maximum absolute atomic E-state index is 12.3. The molecule has 2 heterocycles. The summed E-state index contributed by atoms with van der Waals surface area (Å²) in [5.41, 5.74) is 1.12. The van der Waals surface area contributed by atoms with Crippen molar-refractivity contribution in [2.45, 2.75) is 58.4 Å². The summed E-state index contributed by atoms with van der Waals surface area (Å²) in [6, 6.07) is 0.360. The molecule has 0 bridgehead atoms. The van der Waals surface area contributed by atoms with Gasteiger partial charge in [-0.3, -0.25) is 4.79 Å². The maximum Gasteiger partial charge on any atom is 0.265 e. The minimum atomic E-state index is 0.0137. The summed E-state index contributed by atoms with van der Waals surface area (Å²) in [4.78, 5) is 15.5. The number of carbonyl (C=O) groups is 1. The van der Waals surface area contributed by atoms with E-state index in [2.05, 4.69) is 26.7 Å². The summed E-state index contributed by atoms with van der Waals surface area (Å²) in [5.74, 6) is 0.0137. The second-order valence-electron chi connectivity index (χ2n) is 6.83. The zero-order valence-corrected chi connectivity index (χ0v) is 14.4. The van der Waals surface area contributed by atoms with Crippen molar-refractivity contribution in [1.29, 1.82) is 0 Å². The number of amides is 1. The van der Waals surface area contributed by atoms with Crippen molar-refractivity contribution in [2.24, 2.45) is 5.41 Å². The van der Waals surface area contributed by atoms with E-state index in [-0.39, 0.29) is 5.91 Å².